The molecule has 0 radical (unpaired) electrons. The summed E-state index contributed by atoms with van der Waals surface area (Å²) in [5.41, 5.74) is 1.22. The van der Waals surface area contributed by atoms with E-state index in [9.17, 15) is 4.79 Å². The molecule has 0 unspecified atom stereocenters. The fourth-order valence-corrected chi connectivity index (χ4v) is 1.72. The molecule has 1 heterocycles. The van der Waals surface area contributed by atoms with Crippen molar-refractivity contribution in [2.24, 2.45) is 0 Å². The monoisotopic (exact) mass is 219 g/mol. The lowest BCUT2D eigenvalue weighted by Gasteiger charge is -2.29. The zero-order chi connectivity index (χ0) is 11.4. The van der Waals surface area contributed by atoms with E-state index in [4.69, 9.17) is 4.74 Å². The van der Waals surface area contributed by atoms with Crippen molar-refractivity contribution in [3.8, 4) is 5.75 Å². The number of aryl methyl sites for hydroxylation is 1. The van der Waals surface area contributed by atoms with Gasteiger partial charge in [0.1, 0.15) is 5.75 Å². The van der Waals surface area contributed by atoms with Crippen LogP contribution in [0.2, 0.25) is 0 Å². The number of rotatable bonds is 3. The number of hydrogen-bond donors (Lipinski definition) is 0. The molecule has 0 aromatic heterocycles. The maximum atomic E-state index is 11.6. The highest BCUT2D eigenvalue weighted by atomic mass is 16.6. The summed E-state index contributed by atoms with van der Waals surface area (Å²) in [4.78, 5) is 13.3. The molecule has 0 atom stereocenters. The SMILES string of the molecule is CCCc1cccc(OC(=O)N2CCC2)c1. The molecule has 1 aromatic carbocycles. The molecule has 1 saturated heterocycles. The Morgan fingerprint density at radius 1 is 1.44 bits per heavy atom. The zero-order valence-corrected chi connectivity index (χ0v) is 9.61. The quantitative estimate of drug-likeness (QED) is 0.782. The third-order valence-electron chi connectivity index (χ3n) is 2.76. The van der Waals surface area contributed by atoms with Crippen molar-refractivity contribution in [3.05, 3.63) is 29.8 Å². The smallest absolute Gasteiger partial charge is 0.410 e. The summed E-state index contributed by atoms with van der Waals surface area (Å²) in [6.45, 7) is 3.79. The molecule has 0 saturated carbocycles. The van der Waals surface area contributed by atoms with Crippen molar-refractivity contribution in [3.63, 3.8) is 0 Å². The lowest BCUT2D eigenvalue weighted by atomic mass is 10.1. The molecule has 1 aromatic rings. The fourth-order valence-electron chi connectivity index (χ4n) is 1.72. The molecule has 1 aliphatic heterocycles. The van der Waals surface area contributed by atoms with Crippen LogP contribution in [0.3, 0.4) is 0 Å². The molecule has 2 rings (SSSR count). The van der Waals surface area contributed by atoms with Gasteiger partial charge in [-0.15, -0.1) is 0 Å². The van der Waals surface area contributed by atoms with Gasteiger partial charge in [0.05, 0.1) is 0 Å². The number of carbonyl (C=O) groups excluding carboxylic acids is 1. The first-order valence-electron chi connectivity index (χ1n) is 5.85. The Kier molecular flexibility index (Phi) is 3.44. The Balaban J connectivity index is 1.97. The molecule has 0 aliphatic carbocycles. The Morgan fingerprint density at radius 2 is 2.25 bits per heavy atom. The summed E-state index contributed by atoms with van der Waals surface area (Å²) in [5.74, 6) is 0.655. The molecule has 16 heavy (non-hydrogen) atoms. The predicted octanol–water partition coefficient (Wildman–Crippen LogP) is 2.84. The largest absolute Gasteiger partial charge is 0.415 e. The van der Waals surface area contributed by atoms with Gasteiger partial charge in [0, 0.05) is 13.1 Å². The van der Waals surface area contributed by atoms with E-state index in [1.807, 2.05) is 18.2 Å². The van der Waals surface area contributed by atoms with Crippen LogP contribution in [0.4, 0.5) is 4.79 Å². The predicted molar refractivity (Wildman–Crippen MR) is 62.7 cm³/mol. The van der Waals surface area contributed by atoms with E-state index in [-0.39, 0.29) is 6.09 Å². The van der Waals surface area contributed by atoms with Crippen LogP contribution in [0.5, 0.6) is 5.75 Å². The normalized spacial score (nSPS) is 14.4. The molecular weight excluding hydrogens is 202 g/mol. The highest BCUT2D eigenvalue weighted by Gasteiger charge is 2.21. The first-order chi connectivity index (χ1) is 7.79. The van der Waals surface area contributed by atoms with Gasteiger partial charge in [0.2, 0.25) is 0 Å². The summed E-state index contributed by atoms with van der Waals surface area (Å²) in [6, 6.07) is 7.77. The topological polar surface area (TPSA) is 29.5 Å². The van der Waals surface area contributed by atoms with Crippen LogP contribution in [0, 0.1) is 0 Å². The van der Waals surface area contributed by atoms with E-state index in [2.05, 4.69) is 13.0 Å². The maximum Gasteiger partial charge on any atom is 0.415 e. The van der Waals surface area contributed by atoms with Crippen LogP contribution in [-0.4, -0.2) is 24.1 Å². The van der Waals surface area contributed by atoms with Crippen molar-refractivity contribution in [1.82, 2.24) is 4.90 Å². The molecule has 1 aliphatic rings. The van der Waals surface area contributed by atoms with Crippen molar-refractivity contribution in [2.75, 3.05) is 13.1 Å². The molecule has 1 fully saturated rings. The van der Waals surface area contributed by atoms with Crippen LogP contribution in [0.15, 0.2) is 24.3 Å². The van der Waals surface area contributed by atoms with Crippen molar-refractivity contribution in [1.29, 1.82) is 0 Å². The van der Waals surface area contributed by atoms with Crippen LogP contribution >= 0.6 is 0 Å². The van der Waals surface area contributed by atoms with E-state index in [0.29, 0.717) is 5.75 Å². The van der Waals surface area contributed by atoms with Gasteiger partial charge in [-0.3, -0.25) is 0 Å². The van der Waals surface area contributed by atoms with Gasteiger partial charge >= 0.3 is 6.09 Å². The van der Waals surface area contributed by atoms with E-state index < -0.39 is 0 Å². The molecule has 3 nitrogen and oxygen atoms in total. The molecule has 0 bridgehead atoms. The van der Waals surface area contributed by atoms with Gasteiger partial charge in [-0.25, -0.2) is 4.79 Å². The standard InChI is InChI=1S/C13H17NO2/c1-2-5-11-6-3-7-12(10-11)16-13(15)14-8-4-9-14/h3,6-7,10H,2,4-5,8-9H2,1H3. The van der Waals surface area contributed by atoms with Gasteiger partial charge in [-0.2, -0.15) is 0 Å². The van der Waals surface area contributed by atoms with Crippen molar-refractivity contribution in [2.45, 2.75) is 26.2 Å². The first-order valence-corrected chi connectivity index (χ1v) is 5.85. The minimum atomic E-state index is -0.222. The number of amides is 1. The number of likely N-dealkylation sites (tertiary alicyclic amines) is 1. The Hall–Kier alpha value is -1.51. The lowest BCUT2D eigenvalue weighted by Crippen LogP contribution is -2.43. The number of benzene rings is 1. The molecule has 86 valence electrons. The van der Waals surface area contributed by atoms with Crippen LogP contribution in [0.25, 0.3) is 0 Å². The Labute approximate surface area is 96.0 Å². The minimum absolute atomic E-state index is 0.222. The number of carbonyl (C=O) groups is 1. The fraction of sp³-hybridized carbons (Fsp3) is 0.462. The minimum Gasteiger partial charge on any atom is -0.410 e. The molecule has 1 amide bonds. The lowest BCUT2D eigenvalue weighted by molar-refractivity contribution is 0.125. The summed E-state index contributed by atoms with van der Waals surface area (Å²) >= 11 is 0. The van der Waals surface area contributed by atoms with Crippen LogP contribution in [-0.2, 0) is 6.42 Å². The number of hydrogen-bond acceptors (Lipinski definition) is 2. The van der Waals surface area contributed by atoms with E-state index in [0.717, 1.165) is 32.4 Å². The average molecular weight is 219 g/mol. The summed E-state index contributed by atoms with van der Waals surface area (Å²) < 4.78 is 5.29. The summed E-state index contributed by atoms with van der Waals surface area (Å²) in [5, 5.41) is 0. The number of ether oxygens (including phenoxy) is 1. The Bertz CT molecular complexity index is 372. The highest BCUT2D eigenvalue weighted by Crippen LogP contribution is 2.17. The second-order valence-corrected chi connectivity index (χ2v) is 4.11. The average Bonchev–Trinajstić information content (AvgIpc) is 2.15. The van der Waals surface area contributed by atoms with Gasteiger partial charge in [0.15, 0.2) is 0 Å². The second kappa shape index (κ2) is 5.01. The van der Waals surface area contributed by atoms with Gasteiger partial charge in [0.25, 0.3) is 0 Å². The summed E-state index contributed by atoms with van der Waals surface area (Å²) in [6.07, 6.45) is 2.99. The zero-order valence-electron chi connectivity index (χ0n) is 9.61. The number of nitrogens with zero attached hydrogens (tertiary/aromatic N) is 1. The van der Waals surface area contributed by atoms with E-state index >= 15 is 0 Å². The second-order valence-electron chi connectivity index (χ2n) is 4.11. The molecule has 0 spiro atoms. The summed E-state index contributed by atoms with van der Waals surface area (Å²) in [7, 11) is 0. The first kappa shape index (κ1) is 11.0. The van der Waals surface area contributed by atoms with Crippen molar-refractivity contribution < 1.29 is 9.53 Å². The van der Waals surface area contributed by atoms with Gasteiger partial charge < -0.3 is 9.64 Å². The van der Waals surface area contributed by atoms with Crippen molar-refractivity contribution >= 4 is 6.09 Å². The van der Waals surface area contributed by atoms with Gasteiger partial charge in [-0.1, -0.05) is 25.5 Å². The Morgan fingerprint density at radius 3 is 2.88 bits per heavy atom. The van der Waals surface area contributed by atoms with Crippen LogP contribution in [0.1, 0.15) is 25.3 Å². The van der Waals surface area contributed by atoms with Crippen LogP contribution < -0.4 is 4.74 Å². The highest BCUT2D eigenvalue weighted by molar-refractivity contribution is 5.71. The van der Waals surface area contributed by atoms with Gasteiger partial charge in [-0.05, 0) is 30.5 Å². The van der Waals surface area contributed by atoms with E-state index in [1.165, 1.54) is 5.56 Å². The maximum absolute atomic E-state index is 11.6. The molecule has 3 heteroatoms. The molecular formula is C13H17NO2. The third kappa shape index (κ3) is 2.54. The molecule has 0 N–H and O–H groups in total. The third-order valence-corrected chi connectivity index (χ3v) is 2.76. The van der Waals surface area contributed by atoms with E-state index in [1.54, 1.807) is 4.90 Å².